The number of hydrogen-bond acceptors (Lipinski definition) is 4. The molecule has 0 saturated carbocycles. The van der Waals surface area contributed by atoms with E-state index in [1.807, 2.05) is 0 Å². The Bertz CT molecular complexity index is 568. The van der Waals surface area contributed by atoms with Gasteiger partial charge in [-0.25, -0.2) is 9.18 Å². The first-order valence-electron chi connectivity index (χ1n) is 7.43. The van der Waals surface area contributed by atoms with Crippen LogP contribution in [-0.4, -0.2) is 31.2 Å². The molecule has 0 spiro atoms. The SMILES string of the molecule is CCOC(=O)c1ccc(F)c(C)c1NC(=O)C1CCCCO1. The molecule has 0 aromatic heterocycles. The zero-order valence-electron chi connectivity index (χ0n) is 12.8. The van der Waals surface area contributed by atoms with Crippen LogP contribution in [-0.2, 0) is 14.3 Å². The molecule has 1 saturated heterocycles. The maximum absolute atomic E-state index is 13.8. The van der Waals surface area contributed by atoms with E-state index in [1.54, 1.807) is 6.92 Å². The number of carbonyl (C=O) groups excluding carboxylic acids is 2. The number of hydrogen-bond donors (Lipinski definition) is 1. The number of esters is 1. The van der Waals surface area contributed by atoms with Crippen molar-refractivity contribution in [1.82, 2.24) is 0 Å². The molecule has 1 heterocycles. The molecular weight excluding hydrogens is 289 g/mol. The third kappa shape index (κ3) is 3.62. The van der Waals surface area contributed by atoms with Gasteiger partial charge in [0, 0.05) is 12.2 Å². The molecule has 2 rings (SSSR count). The van der Waals surface area contributed by atoms with Crippen molar-refractivity contribution in [3.05, 3.63) is 29.1 Å². The zero-order valence-corrected chi connectivity index (χ0v) is 12.8. The minimum Gasteiger partial charge on any atom is -0.462 e. The summed E-state index contributed by atoms with van der Waals surface area (Å²) >= 11 is 0. The minimum atomic E-state index is -0.592. The van der Waals surface area contributed by atoms with Gasteiger partial charge in [-0.1, -0.05) is 0 Å². The standard InChI is InChI=1S/C16H20FNO4/c1-3-21-16(20)11-7-8-12(17)10(2)14(11)18-15(19)13-6-4-5-9-22-13/h7-8,13H,3-6,9H2,1-2H3,(H,18,19). The molecule has 1 aromatic rings. The maximum Gasteiger partial charge on any atom is 0.340 e. The van der Waals surface area contributed by atoms with Gasteiger partial charge < -0.3 is 14.8 Å². The van der Waals surface area contributed by atoms with Crippen LogP contribution < -0.4 is 5.32 Å². The predicted molar refractivity (Wildman–Crippen MR) is 79.3 cm³/mol. The summed E-state index contributed by atoms with van der Waals surface area (Å²) in [4.78, 5) is 24.2. The van der Waals surface area contributed by atoms with Gasteiger partial charge in [0.05, 0.1) is 17.9 Å². The van der Waals surface area contributed by atoms with E-state index in [4.69, 9.17) is 9.47 Å². The molecule has 0 radical (unpaired) electrons. The van der Waals surface area contributed by atoms with Gasteiger partial charge in [-0.05, 0) is 45.2 Å². The van der Waals surface area contributed by atoms with Crippen molar-refractivity contribution < 1.29 is 23.5 Å². The van der Waals surface area contributed by atoms with E-state index in [1.165, 1.54) is 19.1 Å². The molecule has 1 aromatic carbocycles. The average molecular weight is 309 g/mol. The van der Waals surface area contributed by atoms with E-state index in [2.05, 4.69) is 5.32 Å². The molecule has 120 valence electrons. The summed E-state index contributed by atoms with van der Waals surface area (Å²) < 4.78 is 24.1. The maximum atomic E-state index is 13.8. The fourth-order valence-corrected chi connectivity index (χ4v) is 2.38. The van der Waals surface area contributed by atoms with Crippen LogP contribution in [0.4, 0.5) is 10.1 Å². The Morgan fingerprint density at radius 1 is 1.41 bits per heavy atom. The Morgan fingerprint density at radius 2 is 2.18 bits per heavy atom. The van der Waals surface area contributed by atoms with Gasteiger partial charge in [0.15, 0.2) is 0 Å². The lowest BCUT2D eigenvalue weighted by molar-refractivity contribution is -0.129. The molecule has 22 heavy (non-hydrogen) atoms. The topological polar surface area (TPSA) is 64.6 Å². The first kappa shape index (κ1) is 16.4. The van der Waals surface area contributed by atoms with Crippen LogP contribution in [0.25, 0.3) is 0 Å². The van der Waals surface area contributed by atoms with Crippen molar-refractivity contribution in [1.29, 1.82) is 0 Å². The summed E-state index contributed by atoms with van der Waals surface area (Å²) in [6, 6.07) is 2.51. The molecule has 5 nitrogen and oxygen atoms in total. The van der Waals surface area contributed by atoms with Crippen LogP contribution in [0, 0.1) is 12.7 Å². The predicted octanol–water partition coefficient (Wildman–Crippen LogP) is 2.82. The molecule has 1 N–H and O–H groups in total. The number of halogens is 1. The quantitative estimate of drug-likeness (QED) is 0.869. The first-order chi connectivity index (χ1) is 10.5. The molecule has 0 aliphatic carbocycles. The number of anilines is 1. The fraction of sp³-hybridized carbons (Fsp3) is 0.500. The summed E-state index contributed by atoms with van der Waals surface area (Å²) in [6.45, 7) is 3.93. The highest BCUT2D eigenvalue weighted by Gasteiger charge is 2.25. The van der Waals surface area contributed by atoms with Gasteiger partial charge in [0.2, 0.25) is 0 Å². The van der Waals surface area contributed by atoms with Crippen molar-refractivity contribution in [3.63, 3.8) is 0 Å². The highest BCUT2D eigenvalue weighted by molar-refractivity contribution is 6.03. The number of amides is 1. The lowest BCUT2D eigenvalue weighted by Gasteiger charge is -2.23. The van der Waals surface area contributed by atoms with Crippen molar-refractivity contribution in [3.8, 4) is 0 Å². The van der Waals surface area contributed by atoms with Crippen LogP contribution in [0.1, 0.15) is 42.1 Å². The molecule has 1 unspecified atom stereocenters. The van der Waals surface area contributed by atoms with E-state index in [9.17, 15) is 14.0 Å². The Labute approximate surface area is 128 Å². The van der Waals surface area contributed by atoms with E-state index in [0.717, 1.165) is 12.8 Å². The van der Waals surface area contributed by atoms with Crippen molar-refractivity contribution >= 4 is 17.6 Å². The van der Waals surface area contributed by atoms with Crippen molar-refractivity contribution in [2.45, 2.75) is 39.2 Å². The molecule has 1 aliphatic rings. The molecule has 1 fully saturated rings. The summed E-state index contributed by atoms with van der Waals surface area (Å²) in [5.41, 5.74) is 0.497. The van der Waals surface area contributed by atoms with Gasteiger partial charge in [-0.2, -0.15) is 0 Å². The number of nitrogens with one attached hydrogen (secondary N) is 1. The van der Waals surface area contributed by atoms with Crippen LogP contribution in [0.15, 0.2) is 12.1 Å². The number of carbonyl (C=O) groups is 2. The van der Waals surface area contributed by atoms with Gasteiger partial charge in [0.1, 0.15) is 11.9 Å². The third-order valence-electron chi connectivity index (χ3n) is 3.61. The largest absolute Gasteiger partial charge is 0.462 e. The summed E-state index contributed by atoms with van der Waals surface area (Å²) in [6.07, 6.45) is 1.89. The molecule has 0 bridgehead atoms. The van der Waals surface area contributed by atoms with Crippen LogP contribution in [0.5, 0.6) is 0 Å². The minimum absolute atomic E-state index is 0.143. The Balaban J connectivity index is 2.25. The number of ether oxygens (including phenoxy) is 2. The fourth-order valence-electron chi connectivity index (χ4n) is 2.38. The smallest absolute Gasteiger partial charge is 0.340 e. The molecule has 1 atom stereocenters. The lowest BCUT2D eigenvalue weighted by atomic mass is 10.1. The van der Waals surface area contributed by atoms with Crippen LogP contribution >= 0.6 is 0 Å². The normalized spacial score (nSPS) is 17.9. The van der Waals surface area contributed by atoms with Gasteiger partial charge >= 0.3 is 5.97 Å². The summed E-state index contributed by atoms with van der Waals surface area (Å²) in [5, 5.41) is 2.62. The van der Waals surface area contributed by atoms with E-state index in [0.29, 0.717) is 13.0 Å². The van der Waals surface area contributed by atoms with E-state index < -0.39 is 17.9 Å². The molecule has 1 amide bonds. The average Bonchev–Trinajstić information content (AvgIpc) is 2.53. The summed E-state index contributed by atoms with van der Waals surface area (Å²) in [7, 11) is 0. The highest BCUT2D eigenvalue weighted by atomic mass is 19.1. The zero-order chi connectivity index (χ0) is 16.1. The third-order valence-corrected chi connectivity index (χ3v) is 3.61. The van der Waals surface area contributed by atoms with Gasteiger partial charge in [-0.15, -0.1) is 0 Å². The van der Waals surface area contributed by atoms with Crippen molar-refractivity contribution in [2.75, 3.05) is 18.5 Å². The molecular formula is C16H20FNO4. The lowest BCUT2D eigenvalue weighted by Crippen LogP contribution is -2.34. The first-order valence-corrected chi connectivity index (χ1v) is 7.43. The number of benzene rings is 1. The molecule has 1 aliphatic heterocycles. The van der Waals surface area contributed by atoms with Gasteiger partial charge in [-0.3, -0.25) is 4.79 Å². The van der Waals surface area contributed by atoms with Gasteiger partial charge in [0.25, 0.3) is 5.91 Å². The van der Waals surface area contributed by atoms with E-state index in [-0.39, 0.29) is 29.3 Å². The Kier molecular flexibility index (Phi) is 5.49. The second-order valence-corrected chi connectivity index (χ2v) is 5.16. The summed E-state index contributed by atoms with van der Waals surface area (Å²) in [5.74, 6) is -1.45. The Hall–Kier alpha value is -1.95. The monoisotopic (exact) mass is 309 g/mol. The number of rotatable bonds is 4. The van der Waals surface area contributed by atoms with Crippen LogP contribution in [0.3, 0.4) is 0 Å². The second kappa shape index (κ2) is 7.35. The van der Waals surface area contributed by atoms with Crippen LogP contribution in [0.2, 0.25) is 0 Å². The molecule has 6 heteroatoms. The Morgan fingerprint density at radius 3 is 2.82 bits per heavy atom. The highest BCUT2D eigenvalue weighted by Crippen LogP contribution is 2.25. The van der Waals surface area contributed by atoms with E-state index >= 15 is 0 Å². The second-order valence-electron chi connectivity index (χ2n) is 5.16. The van der Waals surface area contributed by atoms with Crippen molar-refractivity contribution in [2.24, 2.45) is 0 Å².